The van der Waals surface area contributed by atoms with Crippen LogP contribution in [-0.4, -0.2) is 16.1 Å². The van der Waals surface area contributed by atoms with Gasteiger partial charge in [0.2, 0.25) is 0 Å². The molecule has 0 radical (unpaired) electrons. The Bertz CT molecular complexity index is 521. The largest absolute Gasteiger partial charge is 0.481 e. The van der Waals surface area contributed by atoms with Crippen LogP contribution in [0.1, 0.15) is 26.2 Å². The quantitative estimate of drug-likeness (QED) is 0.846. The van der Waals surface area contributed by atoms with Gasteiger partial charge in [-0.15, -0.1) is 0 Å². The highest BCUT2D eigenvalue weighted by atomic mass is 16.4. The van der Waals surface area contributed by atoms with E-state index in [0.717, 1.165) is 18.2 Å². The van der Waals surface area contributed by atoms with Crippen LogP contribution in [0.3, 0.4) is 0 Å². The number of hydrogen-bond donors (Lipinski definition) is 1. The molecule has 0 aliphatic heterocycles. The Balaban J connectivity index is 2.11. The summed E-state index contributed by atoms with van der Waals surface area (Å²) in [6.45, 7) is 2.12. The molecule has 1 aliphatic rings. The molecule has 0 amide bonds. The van der Waals surface area contributed by atoms with Crippen molar-refractivity contribution in [2.45, 2.75) is 26.2 Å². The van der Waals surface area contributed by atoms with E-state index in [1.165, 1.54) is 5.22 Å². The summed E-state index contributed by atoms with van der Waals surface area (Å²) in [6, 6.07) is 4.00. The van der Waals surface area contributed by atoms with Crippen molar-refractivity contribution in [2.75, 3.05) is 0 Å². The van der Waals surface area contributed by atoms with Gasteiger partial charge in [-0.2, -0.15) is 0 Å². The molecular formula is C14H17NO2. The molecule has 0 saturated heterocycles. The van der Waals surface area contributed by atoms with Gasteiger partial charge in [0.1, 0.15) is 0 Å². The summed E-state index contributed by atoms with van der Waals surface area (Å²) in [6.07, 6.45) is 8.14. The third-order valence-electron chi connectivity index (χ3n) is 3.39. The van der Waals surface area contributed by atoms with Crippen LogP contribution in [0.25, 0.3) is 12.2 Å². The topological polar surface area (TPSA) is 50.2 Å². The molecule has 1 unspecified atom stereocenters. The van der Waals surface area contributed by atoms with Gasteiger partial charge in [0, 0.05) is 12.6 Å². The Morgan fingerprint density at radius 2 is 2.47 bits per heavy atom. The van der Waals surface area contributed by atoms with E-state index in [1.807, 2.05) is 6.07 Å². The van der Waals surface area contributed by atoms with Gasteiger partial charge in [-0.25, -0.2) is 0 Å². The molecule has 1 N–H and O–H groups in total. The van der Waals surface area contributed by atoms with Crippen molar-refractivity contribution in [1.82, 2.24) is 4.98 Å². The Labute approximate surface area is 101 Å². The minimum absolute atomic E-state index is 0.255. The second kappa shape index (κ2) is 5.13. The Kier molecular flexibility index (Phi) is 3.57. The van der Waals surface area contributed by atoms with Crippen molar-refractivity contribution in [1.29, 1.82) is 0 Å². The smallest absolute Gasteiger partial charge is 0.303 e. The summed E-state index contributed by atoms with van der Waals surface area (Å²) in [5, 5.41) is 10.9. The number of aliphatic carboxylic acids is 1. The third kappa shape index (κ3) is 2.93. The number of aromatic nitrogens is 1. The fourth-order valence-electron chi connectivity index (χ4n) is 2.25. The fourth-order valence-corrected chi connectivity index (χ4v) is 2.25. The van der Waals surface area contributed by atoms with Crippen LogP contribution in [0.15, 0.2) is 18.3 Å². The fraction of sp³-hybridized carbons (Fsp3) is 0.429. The first-order valence-corrected chi connectivity index (χ1v) is 6.01. The number of carboxylic acids is 1. The second-order valence-corrected chi connectivity index (χ2v) is 4.66. The van der Waals surface area contributed by atoms with Crippen molar-refractivity contribution in [2.24, 2.45) is 11.8 Å². The Hall–Kier alpha value is -1.64. The minimum Gasteiger partial charge on any atom is -0.481 e. The van der Waals surface area contributed by atoms with Crippen molar-refractivity contribution < 1.29 is 9.90 Å². The molecule has 3 nitrogen and oxygen atoms in total. The molecule has 17 heavy (non-hydrogen) atoms. The van der Waals surface area contributed by atoms with E-state index in [1.54, 1.807) is 6.20 Å². The lowest BCUT2D eigenvalue weighted by molar-refractivity contribution is -0.137. The van der Waals surface area contributed by atoms with Crippen molar-refractivity contribution in [3.63, 3.8) is 0 Å². The molecule has 1 heterocycles. The number of nitrogens with zero attached hydrogens (tertiary/aromatic N) is 1. The first-order valence-electron chi connectivity index (χ1n) is 6.01. The molecule has 90 valence electrons. The zero-order valence-electron chi connectivity index (χ0n) is 9.97. The van der Waals surface area contributed by atoms with Crippen molar-refractivity contribution in [3.05, 3.63) is 28.9 Å². The number of rotatable bonds is 4. The zero-order chi connectivity index (χ0) is 12.3. The lowest BCUT2D eigenvalue weighted by atomic mass is 9.85. The van der Waals surface area contributed by atoms with E-state index in [9.17, 15) is 4.79 Å². The maximum atomic E-state index is 10.6. The average molecular weight is 231 g/mol. The Morgan fingerprint density at radius 1 is 1.65 bits per heavy atom. The summed E-state index contributed by atoms with van der Waals surface area (Å²) in [7, 11) is 0. The zero-order valence-corrected chi connectivity index (χ0v) is 9.97. The molecule has 0 bridgehead atoms. The molecule has 2 rings (SSSR count). The predicted molar refractivity (Wildman–Crippen MR) is 66.6 cm³/mol. The molecule has 0 saturated carbocycles. The van der Waals surface area contributed by atoms with Gasteiger partial charge in [0.15, 0.2) is 0 Å². The van der Waals surface area contributed by atoms with Gasteiger partial charge in [-0.3, -0.25) is 9.78 Å². The first kappa shape index (κ1) is 11.8. The highest BCUT2D eigenvalue weighted by molar-refractivity contribution is 5.66. The number of carbonyl (C=O) groups is 1. The molecule has 1 aliphatic carbocycles. The minimum atomic E-state index is -0.710. The highest BCUT2D eigenvalue weighted by Crippen LogP contribution is 2.23. The standard InChI is InChI=1S/C14H17NO2/c1-10(4-7-14(16)17)11-5-6-13-12(9-11)3-2-8-15-13/h2-3,6,8-11H,4-5,7H2,1H3,(H,16,17)/t10-,11?/m0/s1. The molecular weight excluding hydrogens is 214 g/mol. The maximum absolute atomic E-state index is 10.6. The summed E-state index contributed by atoms with van der Waals surface area (Å²) in [5.74, 6) is 0.125. The lowest BCUT2D eigenvalue weighted by Crippen LogP contribution is -2.32. The summed E-state index contributed by atoms with van der Waals surface area (Å²) in [4.78, 5) is 14.9. The number of hydrogen-bond acceptors (Lipinski definition) is 2. The van der Waals surface area contributed by atoms with E-state index >= 15 is 0 Å². The van der Waals surface area contributed by atoms with Crippen molar-refractivity contribution >= 4 is 18.1 Å². The van der Waals surface area contributed by atoms with Gasteiger partial charge in [-0.1, -0.05) is 25.1 Å². The van der Waals surface area contributed by atoms with Gasteiger partial charge in [0.25, 0.3) is 0 Å². The summed E-state index contributed by atoms with van der Waals surface area (Å²) < 4.78 is 0. The number of carboxylic acid groups (broad SMARTS) is 1. The monoisotopic (exact) mass is 231 g/mol. The molecule has 0 fully saturated rings. The first-order chi connectivity index (χ1) is 8.16. The van der Waals surface area contributed by atoms with Crippen LogP contribution in [0.5, 0.6) is 0 Å². The van der Waals surface area contributed by atoms with Gasteiger partial charge < -0.3 is 5.11 Å². The van der Waals surface area contributed by atoms with Crippen LogP contribution in [0.4, 0.5) is 0 Å². The SMILES string of the molecule is C[C@@H](CCC(=O)O)C1C=c2cccnc2=CC1. The molecule has 0 spiro atoms. The van der Waals surface area contributed by atoms with E-state index in [-0.39, 0.29) is 6.42 Å². The average Bonchev–Trinajstić information content (AvgIpc) is 2.35. The highest BCUT2D eigenvalue weighted by Gasteiger charge is 2.16. The van der Waals surface area contributed by atoms with Crippen LogP contribution in [0, 0.1) is 11.8 Å². The molecule has 3 heteroatoms. The van der Waals surface area contributed by atoms with Crippen LogP contribution in [-0.2, 0) is 4.79 Å². The number of fused-ring (bicyclic) bond motifs is 1. The molecule has 0 aromatic carbocycles. The summed E-state index contributed by atoms with van der Waals surface area (Å²) >= 11 is 0. The molecule has 1 aromatic rings. The maximum Gasteiger partial charge on any atom is 0.303 e. The van der Waals surface area contributed by atoms with Crippen LogP contribution in [0.2, 0.25) is 0 Å². The third-order valence-corrected chi connectivity index (χ3v) is 3.39. The van der Waals surface area contributed by atoms with Crippen LogP contribution < -0.4 is 10.6 Å². The molecule has 1 aromatic heterocycles. The van der Waals surface area contributed by atoms with Gasteiger partial charge in [-0.05, 0) is 36.0 Å². The van der Waals surface area contributed by atoms with Crippen molar-refractivity contribution in [3.8, 4) is 0 Å². The van der Waals surface area contributed by atoms with E-state index < -0.39 is 5.97 Å². The normalized spacial score (nSPS) is 19.7. The summed E-state index contributed by atoms with van der Waals surface area (Å²) in [5.41, 5.74) is 0. The molecule has 2 atom stereocenters. The lowest BCUT2D eigenvalue weighted by Gasteiger charge is -2.20. The number of pyridine rings is 1. The Morgan fingerprint density at radius 3 is 3.24 bits per heavy atom. The van der Waals surface area contributed by atoms with E-state index in [0.29, 0.717) is 11.8 Å². The van der Waals surface area contributed by atoms with Gasteiger partial charge in [0.05, 0.1) is 5.35 Å². The van der Waals surface area contributed by atoms with Gasteiger partial charge >= 0.3 is 5.97 Å². The second-order valence-electron chi connectivity index (χ2n) is 4.66. The van der Waals surface area contributed by atoms with E-state index in [2.05, 4.69) is 30.1 Å². The van der Waals surface area contributed by atoms with E-state index in [4.69, 9.17) is 5.11 Å². The van der Waals surface area contributed by atoms with Crippen LogP contribution >= 0.6 is 0 Å². The predicted octanol–water partition coefficient (Wildman–Crippen LogP) is 1.16.